The number of unbranched alkanes of at least 4 members (excludes halogenated alkanes) is 1. The van der Waals surface area contributed by atoms with Gasteiger partial charge < -0.3 is 0 Å². The van der Waals surface area contributed by atoms with Gasteiger partial charge >= 0.3 is 0 Å². The van der Waals surface area contributed by atoms with E-state index in [1.807, 2.05) is 30.3 Å². The van der Waals surface area contributed by atoms with Crippen LogP contribution in [0.4, 0.5) is 8.78 Å². The molecule has 0 spiro atoms. The van der Waals surface area contributed by atoms with Gasteiger partial charge in [-0.05, 0) is 29.7 Å². The highest BCUT2D eigenvalue weighted by Crippen LogP contribution is 2.30. The summed E-state index contributed by atoms with van der Waals surface area (Å²) in [5.74, 6) is -1.42. The minimum Gasteiger partial charge on any atom is -0.204 e. The third kappa shape index (κ3) is 3.40. The second kappa shape index (κ2) is 6.46. The Morgan fingerprint density at radius 1 is 0.895 bits per heavy atom. The van der Waals surface area contributed by atoms with Crippen molar-refractivity contribution in [1.29, 1.82) is 0 Å². The Labute approximate surface area is 113 Å². The second-order valence-electron chi connectivity index (χ2n) is 4.78. The van der Waals surface area contributed by atoms with Gasteiger partial charge in [0.05, 0.1) is 0 Å². The van der Waals surface area contributed by atoms with Crippen molar-refractivity contribution in [2.45, 2.75) is 32.1 Å². The van der Waals surface area contributed by atoms with Gasteiger partial charge in [-0.3, -0.25) is 0 Å². The molecule has 0 aliphatic rings. The zero-order valence-electron chi connectivity index (χ0n) is 11.1. The molecule has 0 aliphatic carbocycles. The van der Waals surface area contributed by atoms with Crippen LogP contribution in [0.15, 0.2) is 48.5 Å². The molecule has 100 valence electrons. The highest BCUT2D eigenvalue weighted by Gasteiger charge is 2.15. The summed E-state index contributed by atoms with van der Waals surface area (Å²) in [6, 6.07) is 14.2. The zero-order chi connectivity index (χ0) is 13.7. The summed E-state index contributed by atoms with van der Waals surface area (Å²) in [5, 5.41) is 0. The molecule has 0 amide bonds. The first-order chi connectivity index (χ1) is 9.22. The van der Waals surface area contributed by atoms with Crippen LogP contribution >= 0.6 is 0 Å². The first-order valence-electron chi connectivity index (χ1n) is 6.72. The molecule has 0 saturated carbocycles. The molecule has 0 saturated heterocycles. The maximum atomic E-state index is 13.4. The predicted molar refractivity (Wildman–Crippen MR) is 74.2 cm³/mol. The number of hydrogen-bond donors (Lipinski definition) is 0. The average Bonchev–Trinajstić information content (AvgIpc) is 2.44. The topological polar surface area (TPSA) is 0 Å². The summed E-state index contributed by atoms with van der Waals surface area (Å²) in [6.07, 6.45) is 3.11. The summed E-state index contributed by atoms with van der Waals surface area (Å²) >= 11 is 0. The summed E-state index contributed by atoms with van der Waals surface area (Å²) in [5.41, 5.74) is 2.00. The van der Waals surface area contributed by atoms with Crippen molar-refractivity contribution in [3.05, 3.63) is 71.3 Å². The molecular weight excluding hydrogens is 242 g/mol. The lowest BCUT2D eigenvalue weighted by Crippen LogP contribution is -2.02. The van der Waals surface area contributed by atoms with Gasteiger partial charge in [0, 0.05) is 5.92 Å². The Morgan fingerprint density at radius 3 is 2.26 bits per heavy atom. The highest BCUT2D eigenvalue weighted by atomic mass is 19.2. The first-order valence-corrected chi connectivity index (χ1v) is 6.72. The third-order valence-corrected chi connectivity index (χ3v) is 3.39. The standard InChI is InChI=1S/C17H18F2/c1-2-3-9-15(13-7-5-4-6-8-13)14-10-11-16(18)17(19)12-14/h4-8,10-12,15H,2-3,9H2,1H3. The molecule has 1 unspecified atom stereocenters. The lowest BCUT2D eigenvalue weighted by Gasteiger charge is -2.18. The lowest BCUT2D eigenvalue weighted by molar-refractivity contribution is 0.505. The molecule has 2 aromatic rings. The Hall–Kier alpha value is -1.70. The van der Waals surface area contributed by atoms with Crippen LogP contribution in [0.3, 0.4) is 0 Å². The smallest absolute Gasteiger partial charge is 0.159 e. The fourth-order valence-corrected chi connectivity index (χ4v) is 2.35. The molecule has 0 bridgehead atoms. The molecule has 0 nitrogen and oxygen atoms in total. The van der Waals surface area contributed by atoms with E-state index in [-0.39, 0.29) is 5.92 Å². The van der Waals surface area contributed by atoms with E-state index in [0.717, 1.165) is 30.4 Å². The van der Waals surface area contributed by atoms with Crippen molar-refractivity contribution in [2.24, 2.45) is 0 Å². The lowest BCUT2D eigenvalue weighted by atomic mass is 9.87. The number of benzene rings is 2. The van der Waals surface area contributed by atoms with Gasteiger partial charge in [-0.15, -0.1) is 0 Å². The molecule has 0 N–H and O–H groups in total. The maximum absolute atomic E-state index is 13.4. The van der Waals surface area contributed by atoms with Crippen LogP contribution in [-0.4, -0.2) is 0 Å². The molecule has 2 aromatic carbocycles. The molecule has 0 aromatic heterocycles. The van der Waals surface area contributed by atoms with E-state index >= 15 is 0 Å². The molecule has 2 heteroatoms. The number of hydrogen-bond acceptors (Lipinski definition) is 0. The first kappa shape index (κ1) is 13.7. The molecule has 2 rings (SSSR count). The van der Waals surface area contributed by atoms with Crippen molar-refractivity contribution in [1.82, 2.24) is 0 Å². The molecule has 0 aliphatic heterocycles. The SMILES string of the molecule is CCCCC(c1ccccc1)c1ccc(F)c(F)c1. The quantitative estimate of drug-likeness (QED) is 0.685. The van der Waals surface area contributed by atoms with E-state index in [1.165, 1.54) is 12.1 Å². The summed E-state index contributed by atoms with van der Waals surface area (Å²) in [6.45, 7) is 2.13. The predicted octanol–water partition coefficient (Wildman–Crippen LogP) is 5.29. The Balaban J connectivity index is 2.34. The molecule has 0 fully saturated rings. The van der Waals surface area contributed by atoms with Crippen LogP contribution in [0.5, 0.6) is 0 Å². The Bertz CT molecular complexity index is 520. The number of rotatable bonds is 5. The average molecular weight is 260 g/mol. The monoisotopic (exact) mass is 260 g/mol. The maximum Gasteiger partial charge on any atom is 0.159 e. The summed E-state index contributed by atoms with van der Waals surface area (Å²) < 4.78 is 26.4. The van der Waals surface area contributed by atoms with E-state index < -0.39 is 11.6 Å². The van der Waals surface area contributed by atoms with Crippen molar-refractivity contribution in [2.75, 3.05) is 0 Å². The van der Waals surface area contributed by atoms with Crippen LogP contribution in [0.25, 0.3) is 0 Å². The van der Waals surface area contributed by atoms with E-state index in [0.29, 0.717) is 0 Å². The third-order valence-electron chi connectivity index (χ3n) is 3.39. The highest BCUT2D eigenvalue weighted by molar-refractivity contribution is 5.32. The van der Waals surface area contributed by atoms with Crippen molar-refractivity contribution >= 4 is 0 Å². The fourth-order valence-electron chi connectivity index (χ4n) is 2.35. The van der Waals surface area contributed by atoms with Crippen LogP contribution in [0, 0.1) is 11.6 Å². The zero-order valence-corrected chi connectivity index (χ0v) is 11.1. The fraction of sp³-hybridized carbons (Fsp3) is 0.294. The van der Waals surface area contributed by atoms with Gasteiger partial charge in [-0.25, -0.2) is 8.78 Å². The van der Waals surface area contributed by atoms with E-state index in [1.54, 1.807) is 6.07 Å². The van der Waals surface area contributed by atoms with E-state index in [4.69, 9.17) is 0 Å². The Morgan fingerprint density at radius 2 is 1.63 bits per heavy atom. The summed E-state index contributed by atoms with van der Waals surface area (Å²) in [7, 11) is 0. The van der Waals surface area contributed by atoms with E-state index in [9.17, 15) is 8.78 Å². The van der Waals surface area contributed by atoms with Crippen molar-refractivity contribution in [3.63, 3.8) is 0 Å². The van der Waals surface area contributed by atoms with Crippen LogP contribution in [0.1, 0.15) is 43.2 Å². The largest absolute Gasteiger partial charge is 0.204 e. The van der Waals surface area contributed by atoms with Crippen LogP contribution in [-0.2, 0) is 0 Å². The minimum absolute atomic E-state index is 0.135. The van der Waals surface area contributed by atoms with Crippen molar-refractivity contribution < 1.29 is 8.78 Å². The molecule has 0 radical (unpaired) electrons. The van der Waals surface area contributed by atoms with Gasteiger partial charge in [-0.2, -0.15) is 0 Å². The molecular formula is C17H18F2. The number of halogens is 2. The Kier molecular flexibility index (Phi) is 4.67. The molecule has 1 atom stereocenters. The van der Waals surface area contributed by atoms with Gasteiger partial charge in [0.15, 0.2) is 11.6 Å². The van der Waals surface area contributed by atoms with Gasteiger partial charge in [0.2, 0.25) is 0 Å². The molecule has 0 heterocycles. The van der Waals surface area contributed by atoms with Gasteiger partial charge in [-0.1, -0.05) is 56.2 Å². The normalized spacial score (nSPS) is 12.4. The van der Waals surface area contributed by atoms with Crippen molar-refractivity contribution in [3.8, 4) is 0 Å². The van der Waals surface area contributed by atoms with Gasteiger partial charge in [0.1, 0.15) is 0 Å². The van der Waals surface area contributed by atoms with Crippen LogP contribution < -0.4 is 0 Å². The van der Waals surface area contributed by atoms with Crippen LogP contribution in [0.2, 0.25) is 0 Å². The van der Waals surface area contributed by atoms with Gasteiger partial charge in [0.25, 0.3) is 0 Å². The minimum atomic E-state index is -0.786. The molecule has 19 heavy (non-hydrogen) atoms. The second-order valence-corrected chi connectivity index (χ2v) is 4.78. The van der Waals surface area contributed by atoms with E-state index in [2.05, 4.69) is 6.92 Å². The summed E-state index contributed by atoms with van der Waals surface area (Å²) in [4.78, 5) is 0.